The van der Waals surface area contributed by atoms with Gasteiger partial charge >= 0.3 is 0 Å². The average Bonchev–Trinajstić information content (AvgIpc) is 2.54. The van der Waals surface area contributed by atoms with E-state index in [4.69, 9.17) is 0 Å². The molecule has 0 saturated heterocycles. The minimum absolute atomic E-state index is 0.0306. The summed E-state index contributed by atoms with van der Waals surface area (Å²) < 4.78 is 0. The lowest BCUT2D eigenvalue weighted by Gasteiger charge is -2.23. The molecule has 2 rings (SSSR count). The molecular formula is C21H29N3O. The quantitative estimate of drug-likeness (QED) is 0.787. The van der Waals surface area contributed by atoms with Gasteiger partial charge in [0.2, 0.25) is 0 Å². The second-order valence-corrected chi connectivity index (χ2v) is 7.82. The van der Waals surface area contributed by atoms with Crippen LogP contribution in [-0.4, -0.2) is 17.4 Å². The Morgan fingerprint density at radius 1 is 1.16 bits per heavy atom. The molecular weight excluding hydrogens is 310 g/mol. The van der Waals surface area contributed by atoms with Crippen LogP contribution in [0.4, 0.5) is 11.4 Å². The van der Waals surface area contributed by atoms with Crippen molar-refractivity contribution in [1.82, 2.24) is 10.3 Å². The van der Waals surface area contributed by atoms with Crippen molar-refractivity contribution in [1.29, 1.82) is 0 Å². The standard InChI is InChI=1S/C21H29N3O/c1-15(2)10-11-23-20(25)16-12-17(14-22-13-16)24-19-9-7-6-8-18(19)21(3,4)5/h6-9,12-15,24H,10-11H2,1-5H3,(H,23,25). The molecule has 25 heavy (non-hydrogen) atoms. The Hall–Kier alpha value is -2.36. The molecule has 0 saturated carbocycles. The van der Waals surface area contributed by atoms with Crippen molar-refractivity contribution in [3.05, 3.63) is 53.9 Å². The Morgan fingerprint density at radius 3 is 2.56 bits per heavy atom. The van der Waals surface area contributed by atoms with Gasteiger partial charge in [0.05, 0.1) is 17.4 Å². The van der Waals surface area contributed by atoms with Crippen LogP contribution in [-0.2, 0) is 5.41 Å². The van der Waals surface area contributed by atoms with E-state index in [9.17, 15) is 4.79 Å². The van der Waals surface area contributed by atoms with Crippen LogP contribution in [0.25, 0.3) is 0 Å². The third-order valence-electron chi connectivity index (χ3n) is 4.02. The summed E-state index contributed by atoms with van der Waals surface area (Å²) in [6.45, 7) is 11.5. The molecule has 0 aliphatic heterocycles. The van der Waals surface area contributed by atoms with Gasteiger partial charge in [-0.25, -0.2) is 0 Å². The Balaban J connectivity index is 2.14. The van der Waals surface area contributed by atoms with Crippen molar-refractivity contribution in [3.8, 4) is 0 Å². The van der Waals surface area contributed by atoms with Gasteiger partial charge in [-0.2, -0.15) is 0 Å². The zero-order chi connectivity index (χ0) is 18.4. The lowest BCUT2D eigenvalue weighted by atomic mass is 9.86. The van der Waals surface area contributed by atoms with Gasteiger partial charge in [0.1, 0.15) is 0 Å². The summed E-state index contributed by atoms with van der Waals surface area (Å²) in [6, 6.07) is 10.1. The van der Waals surface area contributed by atoms with E-state index in [2.05, 4.69) is 62.4 Å². The van der Waals surface area contributed by atoms with Crippen LogP contribution in [0.3, 0.4) is 0 Å². The predicted octanol–water partition coefficient (Wildman–Crippen LogP) is 4.90. The number of nitrogens with one attached hydrogen (secondary N) is 2. The highest BCUT2D eigenvalue weighted by molar-refractivity contribution is 5.94. The maximum atomic E-state index is 12.3. The molecule has 0 aliphatic rings. The number of anilines is 2. The number of aromatic nitrogens is 1. The summed E-state index contributed by atoms with van der Waals surface area (Å²) in [6.07, 6.45) is 4.31. The number of carbonyl (C=O) groups is 1. The molecule has 4 nitrogen and oxygen atoms in total. The van der Waals surface area contributed by atoms with Crippen LogP contribution in [0, 0.1) is 5.92 Å². The highest BCUT2D eigenvalue weighted by Gasteiger charge is 2.17. The number of amides is 1. The molecule has 1 heterocycles. The van der Waals surface area contributed by atoms with E-state index in [0.717, 1.165) is 17.8 Å². The molecule has 2 N–H and O–H groups in total. The molecule has 2 aromatic rings. The first-order valence-corrected chi connectivity index (χ1v) is 8.87. The van der Waals surface area contributed by atoms with Crippen molar-refractivity contribution in [2.45, 2.75) is 46.5 Å². The van der Waals surface area contributed by atoms with Gasteiger partial charge in [-0.3, -0.25) is 9.78 Å². The Bertz CT molecular complexity index is 717. The first kappa shape index (κ1) is 19.0. The van der Waals surface area contributed by atoms with E-state index in [1.165, 1.54) is 5.56 Å². The van der Waals surface area contributed by atoms with E-state index in [1.54, 1.807) is 12.4 Å². The monoisotopic (exact) mass is 339 g/mol. The third kappa shape index (κ3) is 5.59. The smallest absolute Gasteiger partial charge is 0.252 e. The molecule has 0 atom stereocenters. The lowest BCUT2D eigenvalue weighted by Crippen LogP contribution is -2.25. The van der Waals surface area contributed by atoms with Gasteiger partial charge in [0, 0.05) is 18.4 Å². The van der Waals surface area contributed by atoms with E-state index in [0.29, 0.717) is 18.0 Å². The first-order valence-electron chi connectivity index (χ1n) is 8.87. The van der Waals surface area contributed by atoms with Crippen molar-refractivity contribution >= 4 is 17.3 Å². The summed E-state index contributed by atoms with van der Waals surface area (Å²) in [4.78, 5) is 16.5. The second kappa shape index (κ2) is 8.15. The number of hydrogen-bond acceptors (Lipinski definition) is 3. The highest BCUT2D eigenvalue weighted by Crippen LogP contribution is 2.31. The van der Waals surface area contributed by atoms with Crippen LogP contribution in [0.2, 0.25) is 0 Å². The van der Waals surface area contributed by atoms with Gasteiger partial charge < -0.3 is 10.6 Å². The molecule has 1 amide bonds. The van der Waals surface area contributed by atoms with Gasteiger partial charge in [-0.1, -0.05) is 52.8 Å². The van der Waals surface area contributed by atoms with Crippen molar-refractivity contribution in [2.75, 3.05) is 11.9 Å². The zero-order valence-electron chi connectivity index (χ0n) is 15.9. The second-order valence-electron chi connectivity index (χ2n) is 7.82. The minimum Gasteiger partial charge on any atom is -0.354 e. The topological polar surface area (TPSA) is 54.0 Å². The summed E-state index contributed by atoms with van der Waals surface area (Å²) in [7, 11) is 0. The maximum absolute atomic E-state index is 12.3. The van der Waals surface area contributed by atoms with Crippen molar-refractivity contribution in [2.24, 2.45) is 5.92 Å². The fraction of sp³-hybridized carbons (Fsp3) is 0.429. The van der Waals surface area contributed by atoms with Crippen LogP contribution < -0.4 is 10.6 Å². The molecule has 0 unspecified atom stereocenters. The van der Waals surface area contributed by atoms with E-state index in [1.807, 2.05) is 18.2 Å². The van der Waals surface area contributed by atoms with Gasteiger partial charge in [0.15, 0.2) is 0 Å². The number of carbonyl (C=O) groups excluding carboxylic acids is 1. The van der Waals surface area contributed by atoms with Crippen molar-refractivity contribution in [3.63, 3.8) is 0 Å². The molecule has 0 fully saturated rings. The normalized spacial score (nSPS) is 11.4. The SMILES string of the molecule is CC(C)CCNC(=O)c1cncc(Nc2ccccc2C(C)(C)C)c1. The number of benzene rings is 1. The summed E-state index contributed by atoms with van der Waals surface area (Å²) in [5.41, 5.74) is 3.68. The predicted molar refractivity (Wildman–Crippen MR) is 104 cm³/mol. The highest BCUT2D eigenvalue weighted by atomic mass is 16.1. The van der Waals surface area contributed by atoms with E-state index in [-0.39, 0.29) is 11.3 Å². The lowest BCUT2D eigenvalue weighted by molar-refractivity contribution is 0.0951. The summed E-state index contributed by atoms with van der Waals surface area (Å²) in [5.74, 6) is 0.487. The largest absolute Gasteiger partial charge is 0.354 e. The molecule has 0 spiro atoms. The molecule has 0 radical (unpaired) electrons. The molecule has 1 aromatic heterocycles. The van der Waals surface area contributed by atoms with Crippen molar-refractivity contribution < 1.29 is 4.79 Å². The van der Waals surface area contributed by atoms with Gasteiger partial charge in [-0.15, -0.1) is 0 Å². The maximum Gasteiger partial charge on any atom is 0.252 e. The van der Waals surface area contributed by atoms with Gasteiger partial charge in [-0.05, 0) is 35.4 Å². The Morgan fingerprint density at radius 2 is 1.88 bits per heavy atom. The number of pyridine rings is 1. The number of para-hydroxylation sites is 1. The summed E-state index contributed by atoms with van der Waals surface area (Å²) in [5, 5.41) is 6.36. The average molecular weight is 339 g/mol. The number of hydrogen-bond donors (Lipinski definition) is 2. The van der Waals surface area contributed by atoms with Crippen LogP contribution >= 0.6 is 0 Å². The fourth-order valence-electron chi connectivity index (χ4n) is 2.61. The van der Waals surface area contributed by atoms with Crippen LogP contribution in [0.1, 0.15) is 57.0 Å². The van der Waals surface area contributed by atoms with Gasteiger partial charge in [0.25, 0.3) is 5.91 Å². The fourth-order valence-corrected chi connectivity index (χ4v) is 2.61. The molecule has 1 aromatic carbocycles. The third-order valence-corrected chi connectivity index (χ3v) is 4.02. The summed E-state index contributed by atoms with van der Waals surface area (Å²) >= 11 is 0. The van der Waals surface area contributed by atoms with E-state index < -0.39 is 0 Å². The Labute approximate surface area is 151 Å². The first-order chi connectivity index (χ1) is 11.8. The van der Waals surface area contributed by atoms with Crippen LogP contribution in [0.5, 0.6) is 0 Å². The molecule has 0 aliphatic carbocycles. The van der Waals surface area contributed by atoms with Crippen LogP contribution in [0.15, 0.2) is 42.7 Å². The minimum atomic E-state index is -0.0825. The molecule has 4 heteroatoms. The zero-order valence-corrected chi connectivity index (χ0v) is 15.9. The number of nitrogens with zero attached hydrogens (tertiary/aromatic N) is 1. The van der Waals surface area contributed by atoms with E-state index >= 15 is 0 Å². The Kier molecular flexibility index (Phi) is 6.18. The number of rotatable bonds is 6. The molecule has 0 bridgehead atoms. The molecule has 134 valence electrons.